The molecule has 100 valence electrons. The topological polar surface area (TPSA) is 49.4 Å². The molecule has 2 rings (SSSR count). The second-order valence-electron chi connectivity index (χ2n) is 4.50. The second kappa shape index (κ2) is 5.82. The lowest BCUT2D eigenvalue weighted by Crippen LogP contribution is -2.29. The van der Waals surface area contributed by atoms with Crippen LogP contribution in [0.2, 0.25) is 0 Å². The molecule has 5 heteroatoms. The van der Waals surface area contributed by atoms with Gasteiger partial charge >= 0.3 is 0 Å². The number of nitrogens with zero attached hydrogens (tertiary/aromatic N) is 1. The summed E-state index contributed by atoms with van der Waals surface area (Å²) < 4.78 is 26.6. The van der Waals surface area contributed by atoms with Gasteiger partial charge in [0.25, 0.3) is 0 Å². The minimum Gasteiger partial charge on any atom is -0.313 e. The predicted molar refractivity (Wildman–Crippen MR) is 71.8 cm³/mol. The van der Waals surface area contributed by atoms with Gasteiger partial charge in [-0.15, -0.1) is 0 Å². The van der Waals surface area contributed by atoms with Gasteiger partial charge in [-0.3, -0.25) is 0 Å². The Morgan fingerprint density at radius 1 is 1.22 bits per heavy atom. The van der Waals surface area contributed by atoms with Gasteiger partial charge in [-0.1, -0.05) is 25.1 Å². The highest BCUT2D eigenvalue weighted by atomic mass is 32.2. The fourth-order valence-electron chi connectivity index (χ4n) is 2.23. The molecule has 0 amide bonds. The fraction of sp³-hybridized carbons (Fsp3) is 0.538. The Kier molecular flexibility index (Phi) is 4.37. The first kappa shape index (κ1) is 13.5. The highest BCUT2D eigenvalue weighted by molar-refractivity contribution is 7.89. The third-order valence-electron chi connectivity index (χ3n) is 3.22. The largest absolute Gasteiger partial charge is 0.313 e. The van der Waals surface area contributed by atoms with Gasteiger partial charge < -0.3 is 5.32 Å². The average Bonchev–Trinajstić information content (AvgIpc) is 2.91. The van der Waals surface area contributed by atoms with Crippen LogP contribution in [0.4, 0.5) is 0 Å². The normalized spacial score (nSPS) is 17.2. The van der Waals surface area contributed by atoms with Gasteiger partial charge in [0, 0.05) is 19.6 Å². The van der Waals surface area contributed by atoms with Crippen LogP contribution in [0.5, 0.6) is 0 Å². The monoisotopic (exact) mass is 268 g/mol. The molecule has 1 aromatic rings. The smallest absolute Gasteiger partial charge is 0.243 e. The van der Waals surface area contributed by atoms with Crippen LogP contribution >= 0.6 is 0 Å². The Morgan fingerprint density at radius 2 is 1.89 bits per heavy atom. The Labute approximate surface area is 109 Å². The van der Waals surface area contributed by atoms with E-state index < -0.39 is 10.0 Å². The molecule has 0 saturated carbocycles. The minimum atomic E-state index is -3.31. The van der Waals surface area contributed by atoms with Crippen LogP contribution in [0.1, 0.15) is 25.3 Å². The Bertz CT molecular complexity index is 493. The third-order valence-corrected chi connectivity index (χ3v) is 5.22. The van der Waals surface area contributed by atoms with Crippen molar-refractivity contribution >= 4 is 10.0 Å². The van der Waals surface area contributed by atoms with Crippen molar-refractivity contribution < 1.29 is 8.42 Å². The summed E-state index contributed by atoms with van der Waals surface area (Å²) in [5, 5.41) is 3.18. The molecule has 4 nitrogen and oxygen atoms in total. The van der Waals surface area contributed by atoms with Gasteiger partial charge in [-0.25, -0.2) is 8.42 Å². The summed E-state index contributed by atoms with van der Waals surface area (Å²) in [7, 11) is -3.31. The average molecular weight is 268 g/mol. The van der Waals surface area contributed by atoms with Crippen molar-refractivity contribution in [2.24, 2.45) is 0 Å². The second-order valence-corrected chi connectivity index (χ2v) is 6.41. The van der Waals surface area contributed by atoms with E-state index in [2.05, 4.69) is 5.32 Å². The van der Waals surface area contributed by atoms with E-state index in [9.17, 15) is 8.42 Å². The van der Waals surface area contributed by atoms with E-state index >= 15 is 0 Å². The lowest BCUT2D eigenvalue weighted by molar-refractivity contribution is 0.476. The summed E-state index contributed by atoms with van der Waals surface area (Å²) in [5.41, 5.74) is 0.853. The number of hydrogen-bond donors (Lipinski definition) is 1. The standard InChI is InChI=1S/C13H20N2O2S/c1-2-14-11-12-7-3-4-8-13(12)18(16,17)15-9-5-6-10-15/h3-4,7-8,14H,2,5-6,9-11H2,1H3. The fourth-order valence-corrected chi connectivity index (χ4v) is 3.97. The van der Waals surface area contributed by atoms with E-state index in [-0.39, 0.29) is 0 Å². The molecule has 0 bridgehead atoms. The molecule has 0 unspecified atom stereocenters. The number of benzene rings is 1. The van der Waals surface area contributed by atoms with Crippen LogP contribution < -0.4 is 5.32 Å². The Balaban J connectivity index is 2.31. The quantitative estimate of drug-likeness (QED) is 0.882. The molecule has 1 aliphatic rings. The summed E-state index contributed by atoms with van der Waals surface area (Å²) in [4.78, 5) is 0.452. The molecule has 1 saturated heterocycles. The maximum absolute atomic E-state index is 12.5. The van der Waals surface area contributed by atoms with E-state index in [4.69, 9.17) is 0 Å². The van der Waals surface area contributed by atoms with Gasteiger partial charge in [0.15, 0.2) is 0 Å². The predicted octanol–water partition coefficient (Wildman–Crippen LogP) is 1.58. The van der Waals surface area contributed by atoms with Crippen LogP contribution in [0.25, 0.3) is 0 Å². The zero-order chi connectivity index (χ0) is 13.0. The number of rotatable bonds is 5. The van der Waals surface area contributed by atoms with Crippen LogP contribution in [0.15, 0.2) is 29.2 Å². The van der Waals surface area contributed by atoms with Crippen LogP contribution in [0, 0.1) is 0 Å². The maximum atomic E-state index is 12.5. The van der Waals surface area contributed by atoms with Crippen molar-refractivity contribution in [2.45, 2.75) is 31.2 Å². The molecular weight excluding hydrogens is 248 g/mol. The summed E-state index contributed by atoms with van der Waals surface area (Å²) in [5.74, 6) is 0. The molecule has 18 heavy (non-hydrogen) atoms. The van der Waals surface area contributed by atoms with Gasteiger partial charge in [-0.2, -0.15) is 4.31 Å². The molecule has 0 aromatic heterocycles. The van der Waals surface area contributed by atoms with Crippen molar-refractivity contribution in [1.29, 1.82) is 0 Å². The number of sulfonamides is 1. The molecule has 1 N–H and O–H groups in total. The highest BCUT2D eigenvalue weighted by Gasteiger charge is 2.28. The lowest BCUT2D eigenvalue weighted by Gasteiger charge is -2.18. The van der Waals surface area contributed by atoms with E-state index in [1.807, 2.05) is 19.1 Å². The molecule has 0 spiro atoms. The van der Waals surface area contributed by atoms with Crippen LogP contribution in [-0.4, -0.2) is 32.4 Å². The summed E-state index contributed by atoms with van der Waals surface area (Å²) in [6.07, 6.45) is 1.93. The zero-order valence-corrected chi connectivity index (χ0v) is 11.5. The van der Waals surface area contributed by atoms with E-state index in [0.29, 0.717) is 24.5 Å². The third kappa shape index (κ3) is 2.74. The molecule has 0 atom stereocenters. The first-order chi connectivity index (χ1) is 8.66. The summed E-state index contributed by atoms with van der Waals surface area (Å²) >= 11 is 0. The van der Waals surface area contributed by atoms with E-state index in [1.54, 1.807) is 16.4 Å². The number of nitrogens with one attached hydrogen (secondary N) is 1. The molecule has 0 aliphatic carbocycles. The molecule has 1 aliphatic heterocycles. The van der Waals surface area contributed by atoms with Crippen molar-refractivity contribution in [2.75, 3.05) is 19.6 Å². The first-order valence-electron chi connectivity index (χ1n) is 6.45. The van der Waals surface area contributed by atoms with E-state index in [0.717, 1.165) is 24.9 Å². The minimum absolute atomic E-state index is 0.452. The Morgan fingerprint density at radius 3 is 2.56 bits per heavy atom. The molecule has 1 aromatic carbocycles. The van der Waals surface area contributed by atoms with Crippen molar-refractivity contribution in [3.63, 3.8) is 0 Å². The zero-order valence-electron chi connectivity index (χ0n) is 10.7. The van der Waals surface area contributed by atoms with Gasteiger partial charge in [0.05, 0.1) is 4.90 Å². The van der Waals surface area contributed by atoms with Crippen molar-refractivity contribution in [3.8, 4) is 0 Å². The molecule has 0 radical (unpaired) electrons. The summed E-state index contributed by atoms with van der Waals surface area (Å²) in [6, 6.07) is 7.26. The maximum Gasteiger partial charge on any atom is 0.243 e. The van der Waals surface area contributed by atoms with Crippen molar-refractivity contribution in [3.05, 3.63) is 29.8 Å². The molecule has 1 fully saturated rings. The molecular formula is C13H20N2O2S. The highest BCUT2D eigenvalue weighted by Crippen LogP contribution is 2.23. The van der Waals surface area contributed by atoms with Gasteiger partial charge in [-0.05, 0) is 31.0 Å². The SMILES string of the molecule is CCNCc1ccccc1S(=O)(=O)N1CCCC1. The van der Waals surface area contributed by atoms with E-state index in [1.165, 1.54) is 0 Å². The molecule has 1 heterocycles. The van der Waals surface area contributed by atoms with Crippen LogP contribution in [-0.2, 0) is 16.6 Å². The number of hydrogen-bond acceptors (Lipinski definition) is 3. The van der Waals surface area contributed by atoms with Crippen molar-refractivity contribution in [1.82, 2.24) is 9.62 Å². The summed E-state index contributed by atoms with van der Waals surface area (Å²) in [6.45, 7) is 4.74. The van der Waals surface area contributed by atoms with Gasteiger partial charge in [0.1, 0.15) is 0 Å². The van der Waals surface area contributed by atoms with Crippen LogP contribution in [0.3, 0.4) is 0 Å². The lowest BCUT2D eigenvalue weighted by atomic mass is 10.2. The first-order valence-corrected chi connectivity index (χ1v) is 7.89. The van der Waals surface area contributed by atoms with Gasteiger partial charge in [0.2, 0.25) is 10.0 Å². The Hall–Kier alpha value is -0.910.